The van der Waals surface area contributed by atoms with Crippen molar-refractivity contribution in [2.45, 2.75) is 32.1 Å². The van der Waals surface area contributed by atoms with Gasteiger partial charge in [0.2, 0.25) is 0 Å². The van der Waals surface area contributed by atoms with E-state index in [2.05, 4.69) is 13.8 Å². The number of rotatable bonds is 8. The van der Waals surface area contributed by atoms with Crippen molar-refractivity contribution in [1.82, 2.24) is 0 Å². The molecule has 0 aliphatic heterocycles. The molecule has 30 heavy (non-hydrogen) atoms. The van der Waals surface area contributed by atoms with E-state index >= 15 is 0 Å². The number of para-hydroxylation sites is 2. The summed E-state index contributed by atoms with van der Waals surface area (Å²) in [6.45, 7) is 4.11. The first-order valence-corrected chi connectivity index (χ1v) is 10.1. The Morgan fingerprint density at radius 3 is 1.50 bits per heavy atom. The zero-order valence-electron chi connectivity index (χ0n) is 17.3. The van der Waals surface area contributed by atoms with E-state index in [1.54, 1.807) is 60.7 Å². The van der Waals surface area contributed by atoms with E-state index in [1.165, 1.54) is 0 Å². The van der Waals surface area contributed by atoms with Crippen molar-refractivity contribution in [1.29, 1.82) is 0 Å². The van der Waals surface area contributed by atoms with E-state index in [0.29, 0.717) is 29.4 Å². The first kappa shape index (κ1) is 21.3. The molecule has 0 saturated heterocycles. The van der Waals surface area contributed by atoms with Crippen LogP contribution >= 0.6 is 0 Å². The zero-order chi connectivity index (χ0) is 21.4. The number of hydrogen-bond acceptors (Lipinski definition) is 4. The van der Waals surface area contributed by atoms with Crippen molar-refractivity contribution < 1.29 is 19.1 Å². The van der Waals surface area contributed by atoms with Gasteiger partial charge in [-0.15, -0.1) is 0 Å². The Balaban J connectivity index is 2.05. The van der Waals surface area contributed by atoms with Crippen LogP contribution in [-0.2, 0) is 15.0 Å². The molecule has 0 N–H and O–H groups in total. The summed E-state index contributed by atoms with van der Waals surface area (Å²) in [5.74, 6) is -0.204. The minimum absolute atomic E-state index is 0.284. The molecule has 0 radical (unpaired) electrons. The predicted molar refractivity (Wildman–Crippen MR) is 116 cm³/mol. The molecular formula is C26H26O4. The monoisotopic (exact) mass is 402 g/mol. The highest BCUT2D eigenvalue weighted by molar-refractivity contribution is 6.07. The van der Waals surface area contributed by atoms with Crippen molar-refractivity contribution >= 4 is 11.9 Å². The molecule has 0 aromatic heterocycles. The highest BCUT2D eigenvalue weighted by atomic mass is 16.6. The fourth-order valence-electron chi connectivity index (χ4n) is 3.26. The van der Waals surface area contributed by atoms with Gasteiger partial charge in [0, 0.05) is 0 Å². The summed E-state index contributed by atoms with van der Waals surface area (Å²) >= 11 is 0. The van der Waals surface area contributed by atoms with Gasteiger partial charge in [0.25, 0.3) is 0 Å². The normalized spacial score (nSPS) is 11.2. The van der Waals surface area contributed by atoms with Crippen LogP contribution in [0.25, 0.3) is 0 Å². The van der Waals surface area contributed by atoms with E-state index in [9.17, 15) is 9.59 Å². The van der Waals surface area contributed by atoms with E-state index < -0.39 is 17.4 Å². The molecule has 0 aliphatic carbocycles. The SMILES string of the molecule is CC(C)CCC(C(=O)Oc1ccccc1)(C(=O)Oc1ccccc1)c1ccccc1. The van der Waals surface area contributed by atoms with Crippen molar-refractivity contribution in [3.05, 3.63) is 96.6 Å². The summed E-state index contributed by atoms with van der Waals surface area (Å²) in [5.41, 5.74) is -1.01. The minimum Gasteiger partial charge on any atom is -0.425 e. The molecule has 0 saturated carbocycles. The Hall–Kier alpha value is -3.40. The molecule has 3 aromatic rings. The van der Waals surface area contributed by atoms with Crippen LogP contribution in [0.4, 0.5) is 0 Å². The number of carbonyl (C=O) groups excluding carboxylic acids is 2. The largest absolute Gasteiger partial charge is 0.425 e. The third-order valence-corrected chi connectivity index (χ3v) is 4.97. The molecule has 0 bridgehead atoms. The van der Waals surface area contributed by atoms with E-state index in [0.717, 1.165) is 0 Å². The fourth-order valence-corrected chi connectivity index (χ4v) is 3.26. The van der Waals surface area contributed by atoms with E-state index in [-0.39, 0.29) is 6.42 Å². The summed E-state index contributed by atoms with van der Waals surface area (Å²) in [5, 5.41) is 0. The Kier molecular flexibility index (Phi) is 7.02. The molecule has 0 amide bonds. The molecule has 0 fully saturated rings. The molecule has 0 heterocycles. The van der Waals surface area contributed by atoms with Crippen molar-refractivity contribution in [3.8, 4) is 11.5 Å². The summed E-state index contributed by atoms with van der Waals surface area (Å²) in [6, 6.07) is 26.6. The van der Waals surface area contributed by atoms with Crippen molar-refractivity contribution in [2.75, 3.05) is 0 Å². The number of benzene rings is 3. The van der Waals surface area contributed by atoms with Crippen LogP contribution in [0.2, 0.25) is 0 Å². The lowest BCUT2D eigenvalue weighted by atomic mass is 9.75. The van der Waals surface area contributed by atoms with Gasteiger partial charge in [-0.1, -0.05) is 80.6 Å². The van der Waals surface area contributed by atoms with Crippen LogP contribution in [0.1, 0.15) is 32.3 Å². The van der Waals surface area contributed by atoms with E-state index in [4.69, 9.17) is 9.47 Å². The number of esters is 2. The number of hydrogen-bond donors (Lipinski definition) is 0. The average Bonchev–Trinajstić information content (AvgIpc) is 2.76. The summed E-state index contributed by atoms with van der Waals surface area (Å²) < 4.78 is 11.4. The molecule has 3 aromatic carbocycles. The zero-order valence-corrected chi connectivity index (χ0v) is 17.3. The lowest BCUT2D eigenvalue weighted by molar-refractivity contribution is -0.155. The van der Waals surface area contributed by atoms with Gasteiger partial charge in [0.15, 0.2) is 5.41 Å². The third-order valence-electron chi connectivity index (χ3n) is 4.97. The molecule has 4 nitrogen and oxygen atoms in total. The van der Waals surface area contributed by atoms with Crippen LogP contribution in [0.3, 0.4) is 0 Å². The maximum absolute atomic E-state index is 13.6. The van der Waals surface area contributed by atoms with Crippen LogP contribution < -0.4 is 9.47 Å². The first-order valence-electron chi connectivity index (χ1n) is 10.1. The predicted octanol–water partition coefficient (Wildman–Crippen LogP) is 5.57. The summed E-state index contributed by atoms with van der Waals surface area (Å²) in [4.78, 5) is 27.1. The second-order valence-electron chi connectivity index (χ2n) is 7.61. The topological polar surface area (TPSA) is 52.6 Å². The third kappa shape index (κ3) is 4.95. The average molecular weight is 402 g/mol. The first-order chi connectivity index (χ1) is 14.5. The molecule has 3 rings (SSSR count). The highest BCUT2D eigenvalue weighted by Gasteiger charge is 2.51. The molecule has 0 aliphatic rings. The lowest BCUT2D eigenvalue weighted by Gasteiger charge is -2.30. The van der Waals surface area contributed by atoms with Crippen molar-refractivity contribution in [3.63, 3.8) is 0 Å². The fraction of sp³-hybridized carbons (Fsp3) is 0.231. The van der Waals surface area contributed by atoms with Crippen LogP contribution in [0.15, 0.2) is 91.0 Å². The van der Waals surface area contributed by atoms with Gasteiger partial charge in [-0.2, -0.15) is 0 Å². The maximum Gasteiger partial charge on any atom is 0.333 e. The smallest absolute Gasteiger partial charge is 0.333 e. The second-order valence-corrected chi connectivity index (χ2v) is 7.61. The summed E-state index contributed by atoms with van der Waals surface area (Å²) in [7, 11) is 0. The lowest BCUT2D eigenvalue weighted by Crippen LogP contribution is -2.49. The Bertz CT molecular complexity index is 897. The molecule has 154 valence electrons. The molecule has 0 spiro atoms. The van der Waals surface area contributed by atoms with Gasteiger partial charge < -0.3 is 9.47 Å². The Morgan fingerprint density at radius 2 is 1.10 bits per heavy atom. The highest BCUT2D eigenvalue weighted by Crippen LogP contribution is 2.35. The van der Waals surface area contributed by atoms with Crippen LogP contribution in [0.5, 0.6) is 11.5 Å². The van der Waals surface area contributed by atoms with Crippen LogP contribution in [-0.4, -0.2) is 11.9 Å². The molecule has 0 atom stereocenters. The number of carbonyl (C=O) groups is 2. The standard InChI is InChI=1S/C26H26O4/c1-20(2)18-19-26(21-12-6-3-7-13-21,24(27)29-22-14-8-4-9-15-22)25(28)30-23-16-10-5-11-17-23/h3-17,20H,18-19H2,1-2H3. The quantitative estimate of drug-likeness (QED) is 0.281. The number of ether oxygens (including phenoxy) is 2. The van der Waals surface area contributed by atoms with Gasteiger partial charge in [-0.25, -0.2) is 0 Å². The Labute approximate surface area is 177 Å². The van der Waals surface area contributed by atoms with Gasteiger partial charge in [0.1, 0.15) is 11.5 Å². The van der Waals surface area contributed by atoms with Gasteiger partial charge in [0.05, 0.1) is 0 Å². The second kappa shape index (κ2) is 9.88. The van der Waals surface area contributed by atoms with Gasteiger partial charge in [-0.05, 0) is 48.6 Å². The van der Waals surface area contributed by atoms with Crippen molar-refractivity contribution in [2.24, 2.45) is 5.92 Å². The maximum atomic E-state index is 13.6. The van der Waals surface area contributed by atoms with Gasteiger partial charge >= 0.3 is 11.9 Å². The van der Waals surface area contributed by atoms with Crippen LogP contribution in [0, 0.1) is 5.92 Å². The Morgan fingerprint density at radius 1 is 0.700 bits per heavy atom. The summed E-state index contributed by atoms with van der Waals surface area (Å²) in [6.07, 6.45) is 0.939. The van der Waals surface area contributed by atoms with Gasteiger partial charge in [-0.3, -0.25) is 9.59 Å². The van der Waals surface area contributed by atoms with E-state index in [1.807, 2.05) is 30.3 Å². The minimum atomic E-state index is -1.57. The molecular weight excluding hydrogens is 376 g/mol. The molecule has 0 unspecified atom stereocenters. The molecule has 4 heteroatoms.